The fourth-order valence-electron chi connectivity index (χ4n) is 1.17. The second-order valence-electron chi connectivity index (χ2n) is 2.55. The summed E-state index contributed by atoms with van der Waals surface area (Å²) in [5.41, 5.74) is 0.500. The van der Waals surface area contributed by atoms with Crippen molar-refractivity contribution in [3.63, 3.8) is 0 Å². The fourth-order valence-corrected chi connectivity index (χ4v) is 2.14. The van der Waals surface area contributed by atoms with Gasteiger partial charge in [0.2, 0.25) is 0 Å². The zero-order chi connectivity index (χ0) is 8.55. The summed E-state index contributed by atoms with van der Waals surface area (Å²) in [4.78, 5) is 4.73. The molecule has 2 heterocycles. The first-order valence-corrected chi connectivity index (χ1v) is 4.84. The predicted octanol–water partition coefficient (Wildman–Crippen LogP) is 1.18. The van der Waals surface area contributed by atoms with Gasteiger partial charge in [-0.3, -0.25) is 0 Å². The number of nitrogens with one attached hydrogen (secondary N) is 2. The van der Waals surface area contributed by atoms with Gasteiger partial charge in [0, 0.05) is 18.1 Å². The average molecular weight is 197 g/mol. The van der Waals surface area contributed by atoms with E-state index in [0.29, 0.717) is 10.7 Å². The smallest absolute Gasteiger partial charge is 0.121 e. The molecule has 12 heavy (non-hydrogen) atoms. The molecule has 1 aromatic heterocycles. The van der Waals surface area contributed by atoms with Gasteiger partial charge in [0.05, 0.1) is 11.6 Å². The Morgan fingerprint density at radius 3 is 3.08 bits per heavy atom. The van der Waals surface area contributed by atoms with Crippen LogP contribution in [0.2, 0.25) is 0 Å². The number of thiocarbonyl (C=S) groups is 1. The minimum atomic E-state index is 0.0810. The van der Waals surface area contributed by atoms with E-state index in [9.17, 15) is 0 Å². The molecule has 1 aliphatic rings. The zero-order valence-corrected chi connectivity index (χ0v) is 7.84. The minimum absolute atomic E-state index is 0.0810. The zero-order valence-electron chi connectivity index (χ0n) is 6.20. The van der Waals surface area contributed by atoms with E-state index in [1.165, 1.54) is 0 Å². The van der Waals surface area contributed by atoms with Crippen LogP contribution < -0.4 is 5.32 Å². The molecule has 1 aromatic rings. The van der Waals surface area contributed by atoms with Crippen molar-refractivity contribution in [3.8, 4) is 0 Å². The van der Waals surface area contributed by atoms with E-state index in [1.54, 1.807) is 17.5 Å². The first-order chi connectivity index (χ1) is 5.79. The Morgan fingerprint density at radius 1 is 1.75 bits per heavy atom. The van der Waals surface area contributed by atoms with Crippen molar-refractivity contribution in [2.24, 2.45) is 0 Å². The largest absolute Gasteiger partial charge is 0.374 e. The maximum atomic E-state index is 7.65. The van der Waals surface area contributed by atoms with Gasteiger partial charge in [0.15, 0.2) is 0 Å². The quantitative estimate of drug-likeness (QED) is 0.665. The van der Waals surface area contributed by atoms with Crippen molar-refractivity contribution in [1.82, 2.24) is 10.3 Å². The van der Waals surface area contributed by atoms with Crippen LogP contribution in [-0.2, 0) is 0 Å². The van der Waals surface area contributed by atoms with E-state index in [0.717, 1.165) is 11.6 Å². The molecule has 2 N–H and O–H groups in total. The molecule has 1 unspecified atom stereocenters. The van der Waals surface area contributed by atoms with Crippen LogP contribution >= 0.6 is 23.6 Å². The van der Waals surface area contributed by atoms with Crippen LogP contribution in [0.1, 0.15) is 10.9 Å². The van der Waals surface area contributed by atoms with Crippen LogP contribution in [0.4, 0.5) is 0 Å². The highest BCUT2D eigenvalue weighted by atomic mass is 32.1. The molecule has 0 radical (unpaired) electrons. The van der Waals surface area contributed by atoms with E-state index in [-0.39, 0.29) is 5.92 Å². The summed E-state index contributed by atoms with van der Waals surface area (Å²) >= 11 is 6.51. The summed E-state index contributed by atoms with van der Waals surface area (Å²) in [6, 6.07) is 0. The van der Waals surface area contributed by atoms with Crippen molar-refractivity contribution >= 4 is 34.3 Å². The molecule has 0 amide bonds. The Bertz CT molecular complexity index is 317. The lowest BCUT2D eigenvalue weighted by Gasteiger charge is -2.01. The third-order valence-corrected chi connectivity index (χ3v) is 3.06. The number of rotatable bonds is 1. The van der Waals surface area contributed by atoms with Gasteiger partial charge in [-0.1, -0.05) is 12.2 Å². The lowest BCUT2D eigenvalue weighted by atomic mass is 10.1. The predicted molar refractivity (Wildman–Crippen MR) is 53.2 cm³/mol. The highest BCUT2D eigenvalue weighted by Gasteiger charge is 2.28. The number of aromatic nitrogens is 1. The summed E-state index contributed by atoms with van der Waals surface area (Å²) in [5.74, 6) is 0.0810. The van der Waals surface area contributed by atoms with E-state index in [4.69, 9.17) is 17.6 Å². The minimum Gasteiger partial charge on any atom is -0.374 e. The van der Waals surface area contributed by atoms with Crippen LogP contribution in [0, 0.1) is 5.41 Å². The molecule has 1 aliphatic heterocycles. The van der Waals surface area contributed by atoms with Crippen LogP contribution in [0.5, 0.6) is 0 Å². The van der Waals surface area contributed by atoms with E-state index < -0.39 is 0 Å². The normalized spacial score (nSPS) is 22.8. The molecule has 1 fully saturated rings. The SMILES string of the molecule is N=C1C(=S)NCC1c1nccs1. The third-order valence-electron chi connectivity index (χ3n) is 1.81. The Kier molecular flexibility index (Phi) is 1.90. The van der Waals surface area contributed by atoms with Gasteiger partial charge < -0.3 is 10.7 Å². The molecule has 2 rings (SSSR count). The lowest BCUT2D eigenvalue weighted by Crippen LogP contribution is -2.15. The van der Waals surface area contributed by atoms with Gasteiger partial charge in [0.25, 0.3) is 0 Å². The third kappa shape index (κ3) is 1.15. The summed E-state index contributed by atoms with van der Waals surface area (Å²) in [6.07, 6.45) is 1.76. The summed E-state index contributed by atoms with van der Waals surface area (Å²) in [6.45, 7) is 0.727. The lowest BCUT2D eigenvalue weighted by molar-refractivity contribution is 0.853. The summed E-state index contributed by atoms with van der Waals surface area (Å²) in [5, 5.41) is 13.5. The van der Waals surface area contributed by atoms with Crippen LogP contribution in [0.3, 0.4) is 0 Å². The van der Waals surface area contributed by atoms with Gasteiger partial charge in [-0.25, -0.2) is 4.98 Å². The molecule has 1 atom stereocenters. The van der Waals surface area contributed by atoms with Crippen molar-refractivity contribution in [1.29, 1.82) is 5.41 Å². The van der Waals surface area contributed by atoms with E-state index in [2.05, 4.69) is 10.3 Å². The number of thiazole rings is 1. The summed E-state index contributed by atoms with van der Waals surface area (Å²) in [7, 11) is 0. The topological polar surface area (TPSA) is 48.8 Å². The van der Waals surface area contributed by atoms with Crippen molar-refractivity contribution in [2.75, 3.05) is 6.54 Å². The molecule has 62 valence electrons. The maximum Gasteiger partial charge on any atom is 0.121 e. The first-order valence-electron chi connectivity index (χ1n) is 3.55. The van der Waals surface area contributed by atoms with Gasteiger partial charge >= 0.3 is 0 Å². The Balaban J connectivity index is 2.27. The standard InChI is InChI=1S/C7H7N3S2/c8-5-4(3-10-6(5)11)7-9-1-2-12-7/h1-2,4,8H,3H2,(H,10,11). The maximum absolute atomic E-state index is 7.65. The van der Waals surface area contributed by atoms with Gasteiger partial charge in [-0.05, 0) is 0 Å². The molecule has 0 aliphatic carbocycles. The molecular formula is C7H7N3S2. The molecular weight excluding hydrogens is 190 g/mol. The number of hydrogen-bond donors (Lipinski definition) is 2. The summed E-state index contributed by atoms with van der Waals surface area (Å²) < 4.78 is 0. The second kappa shape index (κ2) is 2.91. The molecule has 0 saturated carbocycles. The highest BCUT2D eigenvalue weighted by Crippen LogP contribution is 2.22. The first kappa shape index (κ1) is 7.82. The van der Waals surface area contributed by atoms with Crippen LogP contribution in [-0.4, -0.2) is 22.2 Å². The molecule has 0 bridgehead atoms. The Labute approximate surface area is 79.3 Å². The fraction of sp³-hybridized carbons (Fsp3) is 0.286. The van der Waals surface area contributed by atoms with Crippen molar-refractivity contribution < 1.29 is 0 Å². The molecule has 5 heteroatoms. The number of hydrogen-bond acceptors (Lipinski definition) is 4. The van der Waals surface area contributed by atoms with E-state index in [1.807, 2.05) is 5.38 Å². The average Bonchev–Trinajstić information content (AvgIpc) is 2.64. The van der Waals surface area contributed by atoms with Gasteiger partial charge in [-0.15, -0.1) is 11.3 Å². The number of nitrogens with zero attached hydrogens (tertiary/aromatic N) is 1. The Morgan fingerprint density at radius 2 is 2.58 bits per heavy atom. The molecule has 0 aromatic carbocycles. The monoisotopic (exact) mass is 197 g/mol. The van der Waals surface area contributed by atoms with Gasteiger partial charge in [0.1, 0.15) is 10.00 Å². The Hall–Kier alpha value is -0.810. The second-order valence-corrected chi connectivity index (χ2v) is 3.88. The van der Waals surface area contributed by atoms with Crippen molar-refractivity contribution in [3.05, 3.63) is 16.6 Å². The molecule has 1 saturated heterocycles. The van der Waals surface area contributed by atoms with Crippen LogP contribution in [0.15, 0.2) is 11.6 Å². The van der Waals surface area contributed by atoms with Crippen LogP contribution in [0.25, 0.3) is 0 Å². The molecule has 0 spiro atoms. The van der Waals surface area contributed by atoms with E-state index >= 15 is 0 Å². The van der Waals surface area contributed by atoms with Crippen molar-refractivity contribution in [2.45, 2.75) is 5.92 Å². The van der Waals surface area contributed by atoms with Gasteiger partial charge in [-0.2, -0.15) is 0 Å². The molecule has 3 nitrogen and oxygen atoms in total. The highest BCUT2D eigenvalue weighted by molar-refractivity contribution is 7.82.